The zero-order valence-corrected chi connectivity index (χ0v) is 10.1. The molecule has 0 heterocycles. The predicted octanol–water partition coefficient (Wildman–Crippen LogP) is 2.98. The Hall–Kier alpha value is -1.58. The first-order chi connectivity index (χ1) is 8.31. The SMILES string of the molecule is NCC(=O)c1ccccc1Sc1ccccc1. The molecule has 0 saturated heterocycles. The van der Waals surface area contributed by atoms with E-state index in [4.69, 9.17) is 5.73 Å². The van der Waals surface area contributed by atoms with Gasteiger partial charge in [-0.15, -0.1) is 0 Å². The lowest BCUT2D eigenvalue weighted by Crippen LogP contribution is -2.14. The number of nitrogens with two attached hydrogens (primary N) is 1. The van der Waals surface area contributed by atoms with E-state index in [9.17, 15) is 4.79 Å². The van der Waals surface area contributed by atoms with Crippen LogP contribution in [0.2, 0.25) is 0 Å². The van der Waals surface area contributed by atoms with Crippen LogP contribution in [0.1, 0.15) is 10.4 Å². The lowest BCUT2D eigenvalue weighted by atomic mass is 10.1. The van der Waals surface area contributed by atoms with Crippen molar-refractivity contribution in [2.45, 2.75) is 9.79 Å². The van der Waals surface area contributed by atoms with E-state index in [1.54, 1.807) is 11.8 Å². The Bertz CT molecular complexity index is 511. The van der Waals surface area contributed by atoms with Gasteiger partial charge in [0.15, 0.2) is 5.78 Å². The molecule has 86 valence electrons. The summed E-state index contributed by atoms with van der Waals surface area (Å²) in [6, 6.07) is 17.5. The van der Waals surface area contributed by atoms with Crippen molar-refractivity contribution in [3.8, 4) is 0 Å². The van der Waals surface area contributed by atoms with E-state index in [2.05, 4.69) is 0 Å². The highest BCUT2D eigenvalue weighted by Crippen LogP contribution is 2.30. The summed E-state index contributed by atoms with van der Waals surface area (Å²) < 4.78 is 0. The minimum absolute atomic E-state index is 0.0240. The first kappa shape index (κ1) is 11.9. The molecular formula is C14H13NOS. The maximum atomic E-state index is 11.7. The van der Waals surface area contributed by atoms with Crippen molar-refractivity contribution >= 4 is 17.5 Å². The molecule has 2 N–H and O–H groups in total. The Labute approximate surface area is 105 Å². The quantitative estimate of drug-likeness (QED) is 0.839. The van der Waals surface area contributed by atoms with Crippen LogP contribution in [0.3, 0.4) is 0 Å². The zero-order chi connectivity index (χ0) is 12.1. The molecule has 3 heteroatoms. The molecule has 0 aliphatic rings. The highest BCUT2D eigenvalue weighted by atomic mass is 32.2. The number of carbonyl (C=O) groups excluding carboxylic acids is 1. The minimum atomic E-state index is -0.0240. The maximum Gasteiger partial charge on any atom is 0.177 e. The largest absolute Gasteiger partial charge is 0.324 e. The van der Waals surface area contributed by atoms with Gasteiger partial charge in [0, 0.05) is 15.4 Å². The van der Waals surface area contributed by atoms with E-state index in [-0.39, 0.29) is 12.3 Å². The second-order valence-electron chi connectivity index (χ2n) is 3.54. The number of hydrogen-bond acceptors (Lipinski definition) is 3. The van der Waals surface area contributed by atoms with Gasteiger partial charge in [0.25, 0.3) is 0 Å². The summed E-state index contributed by atoms with van der Waals surface area (Å²) >= 11 is 1.58. The van der Waals surface area contributed by atoms with Crippen molar-refractivity contribution in [2.75, 3.05) is 6.54 Å². The van der Waals surface area contributed by atoms with Crippen LogP contribution < -0.4 is 5.73 Å². The molecule has 0 spiro atoms. The number of rotatable bonds is 4. The van der Waals surface area contributed by atoms with Crippen LogP contribution in [-0.4, -0.2) is 12.3 Å². The third-order valence-electron chi connectivity index (χ3n) is 2.34. The summed E-state index contributed by atoms with van der Waals surface area (Å²) in [5, 5.41) is 0. The average molecular weight is 243 g/mol. The molecule has 0 aliphatic heterocycles. The fraction of sp³-hybridized carbons (Fsp3) is 0.0714. The van der Waals surface area contributed by atoms with E-state index >= 15 is 0 Å². The number of benzene rings is 2. The number of carbonyl (C=O) groups is 1. The molecule has 0 bridgehead atoms. The van der Waals surface area contributed by atoms with Crippen molar-refractivity contribution < 1.29 is 4.79 Å². The van der Waals surface area contributed by atoms with E-state index < -0.39 is 0 Å². The lowest BCUT2D eigenvalue weighted by molar-refractivity contribution is 0.0998. The molecule has 0 aromatic heterocycles. The Morgan fingerprint density at radius 2 is 1.65 bits per heavy atom. The number of Topliss-reactive ketones (excluding diaryl/α,β-unsaturated/α-hetero) is 1. The summed E-state index contributed by atoms with van der Waals surface area (Å²) in [7, 11) is 0. The fourth-order valence-corrected chi connectivity index (χ4v) is 2.50. The summed E-state index contributed by atoms with van der Waals surface area (Å²) in [6.45, 7) is 0.0480. The van der Waals surface area contributed by atoms with Gasteiger partial charge >= 0.3 is 0 Å². The summed E-state index contributed by atoms with van der Waals surface area (Å²) in [6.07, 6.45) is 0. The van der Waals surface area contributed by atoms with Crippen LogP contribution >= 0.6 is 11.8 Å². The van der Waals surface area contributed by atoms with E-state index in [1.165, 1.54) is 0 Å². The fourth-order valence-electron chi connectivity index (χ4n) is 1.51. The van der Waals surface area contributed by atoms with Crippen LogP contribution in [-0.2, 0) is 0 Å². The van der Waals surface area contributed by atoms with E-state index in [0.29, 0.717) is 5.56 Å². The van der Waals surface area contributed by atoms with Gasteiger partial charge in [-0.25, -0.2) is 0 Å². The van der Waals surface area contributed by atoms with Gasteiger partial charge in [0.05, 0.1) is 6.54 Å². The minimum Gasteiger partial charge on any atom is -0.324 e. The van der Waals surface area contributed by atoms with Gasteiger partial charge in [-0.1, -0.05) is 48.2 Å². The Morgan fingerprint density at radius 3 is 2.35 bits per heavy atom. The van der Waals surface area contributed by atoms with Gasteiger partial charge in [-0.05, 0) is 18.2 Å². The molecule has 2 aromatic rings. The Kier molecular flexibility index (Phi) is 3.96. The normalized spacial score (nSPS) is 10.2. The molecule has 2 nitrogen and oxygen atoms in total. The van der Waals surface area contributed by atoms with Crippen LogP contribution in [0.4, 0.5) is 0 Å². The van der Waals surface area contributed by atoms with Crippen molar-refractivity contribution in [2.24, 2.45) is 5.73 Å². The van der Waals surface area contributed by atoms with Crippen LogP contribution in [0, 0.1) is 0 Å². The van der Waals surface area contributed by atoms with E-state index in [1.807, 2.05) is 54.6 Å². The Balaban J connectivity index is 2.30. The third-order valence-corrected chi connectivity index (χ3v) is 3.43. The van der Waals surface area contributed by atoms with Crippen molar-refractivity contribution in [1.82, 2.24) is 0 Å². The maximum absolute atomic E-state index is 11.7. The first-order valence-corrected chi connectivity index (χ1v) is 6.18. The van der Waals surface area contributed by atoms with Crippen LogP contribution in [0.15, 0.2) is 64.4 Å². The van der Waals surface area contributed by atoms with Crippen molar-refractivity contribution in [1.29, 1.82) is 0 Å². The molecule has 0 aliphatic carbocycles. The summed E-state index contributed by atoms with van der Waals surface area (Å²) in [4.78, 5) is 13.8. The first-order valence-electron chi connectivity index (χ1n) is 5.36. The summed E-state index contributed by atoms with van der Waals surface area (Å²) in [5.74, 6) is -0.0240. The highest BCUT2D eigenvalue weighted by molar-refractivity contribution is 7.99. The molecule has 0 saturated carbocycles. The Morgan fingerprint density at radius 1 is 1.00 bits per heavy atom. The molecule has 0 amide bonds. The smallest absolute Gasteiger partial charge is 0.177 e. The van der Waals surface area contributed by atoms with Gasteiger partial charge in [0.2, 0.25) is 0 Å². The zero-order valence-electron chi connectivity index (χ0n) is 9.30. The monoisotopic (exact) mass is 243 g/mol. The third kappa shape index (κ3) is 2.96. The molecule has 0 radical (unpaired) electrons. The lowest BCUT2D eigenvalue weighted by Gasteiger charge is -2.06. The molecule has 0 unspecified atom stereocenters. The van der Waals surface area contributed by atoms with E-state index in [0.717, 1.165) is 9.79 Å². The average Bonchev–Trinajstić information content (AvgIpc) is 2.40. The van der Waals surface area contributed by atoms with Gasteiger partial charge in [0.1, 0.15) is 0 Å². The molecule has 2 aromatic carbocycles. The number of ketones is 1. The molecule has 2 rings (SSSR count). The van der Waals surface area contributed by atoms with Gasteiger partial charge < -0.3 is 5.73 Å². The summed E-state index contributed by atoms with van der Waals surface area (Å²) in [5.41, 5.74) is 6.11. The standard InChI is InChI=1S/C14H13NOS/c15-10-13(16)12-8-4-5-9-14(12)17-11-6-2-1-3-7-11/h1-9H,10,15H2. The second-order valence-corrected chi connectivity index (χ2v) is 4.65. The molecule has 17 heavy (non-hydrogen) atoms. The predicted molar refractivity (Wildman–Crippen MR) is 70.4 cm³/mol. The highest BCUT2D eigenvalue weighted by Gasteiger charge is 2.09. The topological polar surface area (TPSA) is 43.1 Å². The number of hydrogen-bond donors (Lipinski definition) is 1. The molecule has 0 atom stereocenters. The second kappa shape index (κ2) is 5.66. The van der Waals surface area contributed by atoms with Crippen molar-refractivity contribution in [3.05, 3.63) is 60.2 Å². The van der Waals surface area contributed by atoms with Crippen LogP contribution in [0.5, 0.6) is 0 Å². The van der Waals surface area contributed by atoms with Crippen LogP contribution in [0.25, 0.3) is 0 Å². The van der Waals surface area contributed by atoms with Crippen molar-refractivity contribution in [3.63, 3.8) is 0 Å². The van der Waals surface area contributed by atoms with Gasteiger partial charge in [-0.2, -0.15) is 0 Å². The molecule has 0 fully saturated rings. The molecular weight excluding hydrogens is 230 g/mol. The van der Waals surface area contributed by atoms with Gasteiger partial charge in [-0.3, -0.25) is 4.79 Å².